The number of rotatable bonds is 6. The van der Waals surface area contributed by atoms with Gasteiger partial charge in [0.25, 0.3) is 5.69 Å². The van der Waals surface area contributed by atoms with E-state index in [0.717, 1.165) is 12.5 Å². The molecule has 0 saturated carbocycles. The minimum atomic E-state index is -1.16. The van der Waals surface area contributed by atoms with E-state index in [1.165, 1.54) is 12.1 Å². The summed E-state index contributed by atoms with van der Waals surface area (Å²) in [6.45, 7) is 4.84. The number of carboxylic acids is 1. The van der Waals surface area contributed by atoms with Crippen molar-refractivity contribution in [3.8, 4) is 0 Å². The van der Waals surface area contributed by atoms with Crippen LogP contribution >= 0.6 is 0 Å². The zero-order valence-electron chi connectivity index (χ0n) is 11.3. The largest absolute Gasteiger partial charge is 0.478 e. The molecule has 0 aliphatic rings. The summed E-state index contributed by atoms with van der Waals surface area (Å²) in [4.78, 5) is 23.1. The quantitative estimate of drug-likeness (QED) is 0.632. The smallest absolute Gasteiger partial charge is 0.338 e. The van der Waals surface area contributed by atoms with E-state index in [2.05, 4.69) is 13.8 Å². The van der Waals surface area contributed by atoms with Gasteiger partial charge >= 0.3 is 5.97 Å². The molecule has 0 amide bonds. The number of non-ortho nitro benzene ring substituents is 1. The number of nitro benzene ring substituents is 1. The number of nitrogens with zero attached hydrogens (tertiary/aromatic N) is 2. The van der Waals surface area contributed by atoms with E-state index in [-0.39, 0.29) is 11.3 Å². The molecule has 0 saturated heterocycles. The van der Waals surface area contributed by atoms with Crippen LogP contribution in [0.25, 0.3) is 0 Å². The van der Waals surface area contributed by atoms with Crippen LogP contribution in [0.3, 0.4) is 0 Å². The second-order valence-corrected chi connectivity index (χ2v) is 4.66. The summed E-state index contributed by atoms with van der Waals surface area (Å²) in [6.07, 6.45) is 0.986. The topological polar surface area (TPSA) is 83.7 Å². The molecule has 0 spiro atoms. The van der Waals surface area contributed by atoms with Gasteiger partial charge in [-0.25, -0.2) is 4.79 Å². The van der Waals surface area contributed by atoms with Crippen molar-refractivity contribution in [3.63, 3.8) is 0 Å². The maximum absolute atomic E-state index is 11.2. The highest BCUT2D eigenvalue weighted by Crippen LogP contribution is 2.25. The van der Waals surface area contributed by atoms with Gasteiger partial charge in [-0.3, -0.25) is 10.1 Å². The predicted octanol–water partition coefficient (Wildman–Crippen LogP) is 2.78. The van der Waals surface area contributed by atoms with Crippen molar-refractivity contribution >= 4 is 17.3 Å². The lowest BCUT2D eigenvalue weighted by Crippen LogP contribution is -2.25. The average Bonchev–Trinajstić information content (AvgIpc) is 2.37. The predicted molar refractivity (Wildman–Crippen MR) is 72.8 cm³/mol. The Morgan fingerprint density at radius 1 is 1.53 bits per heavy atom. The molecule has 1 unspecified atom stereocenters. The fraction of sp³-hybridized carbons (Fsp3) is 0.462. The van der Waals surface area contributed by atoms with Crippen LogP contribution in [-0.4, -0.2) is 29.6 Å². The Hall–Kier alpha value is -2.11. The molecule has 0 fully saturated rings. The summed E-state index contributed by atoms with van der Waals surface area (Å²) < 4.78 is 0. The number of aromatic carboxylic acids is 1. The SMILES string of the molecule is CCC(C)CN(C)c1ccc([N+](=O)[O-])cc1C(=O)O. The van der Waals surface area contributed by atoms with Gasteiger partial charge in [0, 0.05) is 25.7 Å². The fourth-order valence-electron chi connectivity index (χ4n) is 1.84. The second kappa shape index (κ2) is 6.17. The third-order valence-electron chi connectivity index (χ3n) is 3.12. The molecule has 6 heteroatoms. The van der Waals surface area contributed by atoms with E-state index in [4.69, 9.17) is 5.11 Å². The highest BCUT2D eigenvalue weighted by molar-refractivity contribution is 5.95. The fourth-order valence-corrected chi connectivity index (χ4v) is 1.84. The number of carbonyl (C=O) groups is 1. The third-order valence-corrected chi connectivity index (χ3v) is 3.12. The average molecular weight is 266 g/mol. The van der Waals surface area contributed by atoms with Crippen LogP contribution in [0.4, 0.5) is 11.4 Å². The Bertz CT molecular complexity index is 488. The van der Waals surface area contributed by atoms with Crippen molar-refractivity contribution in [3.05, 3.63) is 33.9 Å². The van der Waals surface area contributed by atoms with E-state index in [1.54, 1.807) is 7.05 Å². The molecule has 0 aromatic heterocycles. The van der Waals surface area contributed by atoms with Crippen molar-refractivity contribution in [2.45, 2.75) is 20.3 Å². The van der Waals surface area contributed by atoms with Crippen LogP contribution in [0.15, 0.2) is 18.2 Å². The van der Waals surface area contributed by atoms with Gasteiger partial charge in [0.1, 0.15) is 0 Å². The van der Waals surface area contributed by atoms with Gasteiger partial charge in [-0.15, -0.1) is 0 Å². The number of carboxylic acid groups (broad SMARTS) is 1. The Balaban J connectivity index is 3.12. The van der Waals surface area contributed by atoms with Gasteiger partial charge < -0.3 is 10.0 Å². The van der Waals surface area contributed by atoms with Gasteiger partial charge in [-0.05, 0) is 12.0 Å². The molecule has 0 heterocycles. The monoisotopic (exact) mass is 266 g/mol. The summed E-state index contributed by atoms with van der Waals surface area (Å²) in [6, 6.07) is 3.92. The van der Waals surface area contributed by atoms with Crippen molar-refractivity contribution in [2.24, 2.45) is 5.92 Å². The molecule has 1 N–H and O–H groups in total. The molecule has 0 radical (unpaired) electrons. The lowest BCUT2D eigenvalue weighted by Gasteiger charge is -2.24. The van der Waals surface area contributed by atoms with Crippen LogP contribution in [0.5, 0.6) is 0 Å². The number of benzene rings is 1. The molecule has 0 bridgehead atoms. The Morgan fingerprint density at radius 3 is 2.63 bits per heavy atom. The number of anilines is 1. The first-order valence-electron chi connectivity index (χ1n) is 6.09. The molecular formula is C13H18N2O4. The van der Waals surface area contributed by atoms with Crippen LogP contribution in [0.1, 0.15) is 30.6 Å². The van der Waals surface area contributed by atoms with Crippen molar-refractivity contribution < 1.29 is 14.8 Å². The molecule has 0 aliphatic carbocycles. The molecule has 6 nitrogen and oxygen atoms in total. The maximum atomic E-state index is 11.2. The van der Waals surface area contributed by atoms with Crippen LogP contribution < -0.4 is 4.90 Å². The standard InChI is InChI=1S/C13H18N2O4/c1-4-9(2)8-14(3)12-6-5-10(15(18)19)7-11(12)13(16)17/h5-7,9H,4,8H2,1-3H3,(H,16,17). The summed E-state index contributed by atoms with van der Waals surface area (Å²) in [5.74, 6) is -0.739. The van der Waals surface area contributed by atoms with Crippen LogP contribution in [0.2, 0.25) is 0 Å². The first-order valence-corrected chi connectivity index (χ1v) is 6.09. The van der Waals surface area contributed by atoms with E-state index in [0.29, 0.717) is 18.2 Å². The molecule has 1 atom stereocenters. The lowest BCUT2D eigenvalue weighted by molar-refractivity contribution is -0.384. The van der Waals surface area contributed by atoms with Crippen molar-refractivity contribution in [1.82, 2.24) is 0 Å². The van der Waals surface area contributed by atoms with E-state index in [1.807, 2.05) is 4.90 Å². The van der Waals surface area contributed by atoms with Gasteiger partial charge in [-0.1, -0.05) is 20.3 Å². The molecule has 104 valence electrons. The van der Waals surface area contributed by atoms with Crippen molar-refractivity contribution in [2.75, 3.05) is 18.5 Å². The van der Waals surface area contributed by atoms with E-state index in [9.17, 15) is 14.9 Å². The van der Waals surface area contributed by atoms with E-state index < -0.39 is 10.9 Å². The highest BCUT2D eigenvalue weighted by atomic mass is 16.6. The summed E-state index contributed by atoms with van der Waals surface area (Å²) in [7, 11) is 1.79. The maximum Gasteiger partial charge on any atom is 0.338 e. The van der Waals surface area contributed by atoms with Gasteiger partial charge in [0.15, 0.2) is 0 Å². The van der Waals surface area contributed by atoms with Crippen LogP contribution in [-0.2, 0) is 0 Å². The Kier molecular flexibility index (Phi) is 4.86. The number of nitro groups is 1. The zero-order chi connectivity index (χ0) is 14.6. The number of hydrogen-bond acceptors (Lipinski definition) is 4. The third kappa shape index (κ3) is 3.67. The molecule has 1 aromatic rings. The van der Waals surface area contributed by atoms with Crippen LogP contribution in [0, 0.1) is 16.0 Å². The molecule has 1 aromatic carbocycles. The van der Waals surface area contributed by atoms with Gasteiger partial charge in [-0.2, -0.15) is 0 Å². The molecular weight excluding hydrogens is 248 g/mol. The first-order chi connectivity index (χ1) is 8.86. The minimum absolute atomic E-state index is 0.0417. The molecule has 0 aliphatic heterocycles. The Labute approximate surface area is 111 Å². The lowest BCUT2D eigenvalue weighted by atomic mass is 10.1. The number of hydrogen-bond donors (Lipinski definition) is 1. The van der Waals surface area contributed by atoms with E-state index >= 15 is 0 Å². The highest BCUT2D eigenvalue weighted by Gasteiger charge is 2.19. The first kappa shape index (κ1) is 14.9. The zero-order valence-corrected chi connectivity index (χ0v) is 11.3. The van der Waals surface area contributed by atoms with Gasteiger partial charge in [0.05, 0.1) is 16.2 Å². The Morgan fingerprint density at radius 2 is 2.16 bits per heavy atom. The molecule has 19 heavy (non-hydrogen) atoms. The summed E-state index contributed by atoms with van der Waals surface area (Å²) in [5, 5.41) is 19.8. The van der Waals surface area contributed by atoms with Gasteiger partial charge in [0.2, 0.25) is 0 Å². The normalized spacial score (nSPS) is 11.9. The van der Waals surface area contributed by atoms with Crippen molar-refractivity contribution in [1.29, 1.82) is 0 Å². The summed E-state index contributed by atoms with van der Waals surface area (Å²) >= 11 is 0. The molecule has 1 rings (SSSR count). The minimum Gasteiger partial charge on any atom is -0.478 e. The second-order valence-electron chi connectivity index (χ2n) is 4.66. The summed E-state index contributed by atoms with van der Waals surface area (Å²) in [5.41, 5.74) is 0.247.